The largest absolute Gasteiger partial charge is 0.508 e. The number of aromatic hydroxyl groups is 1. The third kappa shape index (κ3) is 2.74. The van der Waals surface area contributed by atoms with E-state index >= 15 is 0 Å². The monoisotopic (exact) mass is 261 g/mol. The third-order valence-corrected chi connectivity index (χ3v) is 3.19. The number of nitrogens with zero attached hydrogens (tertiary/aromatic N) is 2. The summed E-state index contributed by atoms with van der Waals surface area (Å²) >= 11 is 0. The summed E-state index contributed by atoms with van der Waals surface area (Å²) in [5.74, 6) is 1.36. The van der Waals surface area contributed by atoms with Crippen molar-refractivity contribution >= 4 is 0 Å². The first kappa shape index (κ1) is 12.1. The van der Waals surface area contributed by atoms with Crippen molar-refractivity contribution in [3.05, 3.63) is 41.5 Å². The number of aliphatic hydroxyl groups is 1. The Morgan fingerprint density at radius 1 is 1.32 bits per heavy atom. The van der Waals surface area contributed by atoms with Gasteiger partial charge in [0.1, 0.15) is 5.75 Å². The Bertz CT molecular complexity index is 553. The predicted molar refractivity (Wildman–Crippen MR) is 66.6 cm³/mol. The second-order valence-electron chi connectivity index (χ2n) is 4.74. The van der Waals surface area contributed by atoms with Gasteiger partial charge in [0.15, 0.2) is 5.82 Å². The van der Waals surface area contributed by atoms with Crippen molar-refractivity contribution < 1.29 is 14.7 Å². The van der Waals surface area contributed by atoms with Crippen LogP contribution in [0.15, 0.2) is 28.8 Å². The molecule has 2 atom stereocenters. The molecule has 3 rings (SSSR count). The Hall–Kier alpha value is -1.92. The minimum atomic E-state index is -0.350. The molecule has 0 spiro atoms. The molecule has 1 unspecified atom stereocenters. The van der Waals surface area contributed by atoms with E-state index in [-0.39, 0.29) is 17.9 Å². The molecule has 1 saturated heterocycles. The predicted octanol–water partition coefficient (Wildman–Crippen LogP) is 0.761. The van der Waals surface area contributed by atoms with E-state index in [9.17, 15) is 10.2 Å². The molecule has 1 aromatic heterocycles. The van der Waals surface area contributed by atoms with E-state index in [1.54, 1.807) is 12.1 Å². The van der Waals surface area contributed by atoms with Gasteiger partial charge < -0.3 is 20.1 Å². The van der Waals surface area contributed by atoms with Gasteiger partial charge in [0, 0.05) is 13.0 Å². The Morgan fingerprint density at radius 2 is 2.11 bits per heavy atom. The molecule has 1 aromatic carbocycles. The van der Waals surface area contributed by atoms with Crippen LogP contribution in [-0.2, 0) is 6.42 Å². The lowest BCUT2D eigenvalue weighted by atomic mass is 10.1. The second kappa shape index (κ2) is 4.99. The van der Waals surface area contributed by atoms with Crippen molar-refractivity contribution in [2.75, 3.05) is 6.54 Å². The molecule has 0 amide bonds. The first-order valence-electron chi connectivity index (χ1n) is 6.22. The summed E-state index contributed by atoms with van der Waals surface area (Å²) in [7, 11) is 0. The Labute approximate surface area is 110 Å². The number of aromatic nitrogens is 2. The van der Waals surface area contributed by atoms with Crippen LogP contribution in [0.5, 0.6) is 5.75 Å². The minimum absolute atomic E-state index is 0.0592. The number of phenolic OH excluding ortho intramolecular Hbond substituents is 1. The summed E-state index contributed by atoms with van der Waals surface area (Å²) < 4.78 is 5.21. The van der Waals surface area contributed by atoms with E-state index in [2.05, 4.69) is 15.5 Å². The zero-order valence-electron chi connectivity index (χ0n) is 10.3. The van der Waals surface area contributed by atoms with Crippen LogP contribution in [-0.4, -0.2) is 33.0 Å². The highest BCUT2D eigenvalue weighted by Gasteiger charge is 2.27. The summed E-state index contributed by atoms with van der Waals surface area (Å²) in [5.41, 5.74) is 1.00. The van der Waals surface area contributed by atoms with E-state index in [0.717, 1.165) is 5.56 Å². The van der Waals surface area contributed by atoms with E-state index in [1.807, 2.05) is 12.1 Å². The lowest BCUT2D eigenvalue weighted by molar-refractivity contribution is 0.191. The van der Waals surface area contributed by atoms with Crippen LogP contribution in [0, 0.1) is 0 Å². The van der Waals surface area contributed by atoms with Crippen molar-refractivity contribution in [2.24, 2.45) is 0 Å². The topological polar surface area (TPSA) is 91.4 Å². The van der Waals surface area contributed by atoms with Crippen LogP contribution in [0.1, 0.15) is 29.7 Å². The van der Waals surface area contributed by atoms with Gasteiger partial charge in [0.25, 0.3) is 0 Å². The van der Waals surface area contributed by atoms with Gasteiger partial charge in [-0.3, -0.25) is 0 Å². The zero-order chi connectivity index (χ0) is 13.2. The Morgan fingerprint density at radius 3 is 2.79 bits per heavy atom. The molecule has 0 aliphatic carbocycles. The molecule has 100 valence electrons. The SMILES string of the molecule is Oc1ccc(Cc2noc([C@@H]3CC(O)CN3)n2)cc1. The lowest BCUT2D eigenvalue weighted by Gasteiger charge is -2.01. The molecular weight excluding hydrogens is 246 g/mol. The van der Waals surface area contributed by atoms with Crippen LogP contribution in [0.3, 0.4) is 0 Å². The normalized spacial score (nSPS) is 22.8. The van der Waals surface area contributed by atoms with Gasteiger partial charge >= 0.3 is 0 Å². The average Bonchev–Trinajstić information content (AvgIpc) is 3.01. The van der Waals surface area contributed by atoms with Crippen molar-refractivity contribution in [3.8, 4) is 5.75 Å². The molecule has 0 radical (unpaired) electrons. The van der Waals surface area contributed by atoms with Crippen LogP contribution < -0.4 is 5.32 Å². The van der Waals surface area contributed by atoms with Crippen LogP contribution in [0.4, 0.5) is 0 Å². The summed E-state index contributed by atoms with van der Waals surface area (Å²) in [6, 6.07) is 6.85. The van der Waals surface area contributed by atoms with Crippen molar-refractivity contribution in [3.63, 3.8) is 0 Å². The van der Waals surface area contributed by atoms with Gasteiger partial charge in [0.2, 0.25) is 5.89 Å². The molecule has 1 aliphatic heterocycles. The molecule has 6 nitrogen and oxygen atoms in total. The molecule has 2 heterocycles. The first-order valence-corrected chi connectivity index (χ1v) is 6.22. The van der Waals surface area contributed by atoms with Gasteiger partial charge in [0.05, 0.1) is 12.1 Å². The van der Waals surface area contributed by atoms with E-state index < -0.39 is 0 Å². The van der Waals surface area contributed by atoms with E-state index in [1.165, 1.54) is 0 Å². The van der Waals surface area contributed by atoms with E-state index in [0.29, 0.717) is 31.1 Å². The van der Waals surface area contributed by atoms with Crippen molar-refractivity contribution in [2.45, 2.75) is 25.0 Å². The number of β-amino-alcohol motifs (C(OH)–C–C–N with tert-alkyl or cyclic N) is 1. The number of hydrogen-bond donors (Lipinski definition) is 3. The fraction of sp³-hybridized carbons (Fsp3) is 0.385. The Kier molecular flexibility index (Phi) is 3.18. The summed E-state index contributed by atoms with van der Waals surface area (Å²) in [4.78, 5) is 4.33. The maximum atomic E-state index is 9.45. The quantitative estimate of drug-likeness (QED) is 0.755. The van der Waals surface area contributed by atoms with E-state index in [4.69, 9.17) is 4.52 Å². The number of rotatable bonds is 3. The second-order valence-corrected chi connectivity index (χ2v) is 4.74. The van der Waals surface area contributed by atoms with Crippen molar-refractivity contribution in [1.82, 2.24) is 15.5 Å². The molecule has 3 N–H and O–H groups in total. The number of nitrogens with one attached hydrogen (secondary N) is 1. The molecule has 0 saturated carbocycles. The zero-order valence-corrected chi connectivity index (χ0v) is 10.3. The molecule has 6 heteroatoms. The summed E-state index contributed by atoms with van der Waals surface area (Å²) in [5, 5.41) is 25.7. The third-order valence-electron chi connectivity index (χ3n) is 3.19. The summed E-state index contributed by atoms with van der Waals surface area (Å²) in [6.45, 7) is 0.556. The maximum absolute atomic E-state index is 9.45. The Balaban J connectivity index is 1.69. The molecule has 19 heavy (non-hydrogen) atoms. The highest BCUT2D eigenvalue weighted by molar-refractivity contribution is 5.27. The molecule has 1 aliphatic rings. The van der Waals surface area contributed by atoms with Crippen LogP contribution >= 0.6 is 0 Å². The number of aliphatic hydroxyl groups excluding tert-OH is 1. The average molecular weight is 261 g/mol. The molecule has 2 aromatic rings. The van der Waals surface area contributed by atoms with Gasteiger partial charge in [-0.2, -0.15) is 4.98 Å². The lowest BCUT2D eigenvalue weighted by Crippen LogP contribution is -2.15. The number of benzene rings is 1. The molecule has 0 bridgehead atoms. The summed E-state index contributed by atoms with van der Waals surface area (Å²) in [6.07, 6.45) is 0.803. The van der Waals surface area contributed by atoms with Gasteiger partial charge in [-0.05, 0) is 24.1 Å². The van der Waals surface area contributed by atoms with Gasteiger partial charge in [-0.15, -0.1) is 0 Å². The number of phenols is 1. The minimum Gasteiger partial charge on any atom is -0.508 e. The molecule has 1 fully saturated rings. The smallest absolute Gasteiger partial charge is 0.243 e. The highest BCUT2D eigenvalue weighted by Crippen LogP contribution is 2.22. The standard InChI is InChI=1S/C13H15N3O3/c17-9-3-1-8(2-4-9)5-12-15-13(19-16-12)11-6-10(18)7-14-11/h1-4,10-11,14,17-18H,5-7H2/t10?,11-/m0/s1. The fourth-order valence-corrected chi connectivity index (χ4v) is 2.18. The van der Waals surface area contributed by atoms with Crippen molar-refractivity contribution in [1.29, 1.82) is 0 Å². The highest BCUT2D eigenvalue weighted by atomic mass is 16.5. The fourth-order valence-electron chi connectivity index (χ4n) is 2.18. The first-order chi connectivity index (χ1) is 9.20. The maximum Gasteiger partial charge on any atom is 0.243 e. The van der Waals surface area contributed by atoms with Crippen LogP contribution in [0.25, 0.3) is 0 Å². The molecular formula is C13H15N3O3. The van der Waals surface area contributed by atoms with Gasteiger partial charge in [-0.25, -0.2) is 0 Å². The van der Waals surface area contributed by atoms with Crippen LogP contribution in [0.2, 0.25) is 0 Å². The van der Waals surface area contributed by atoms with Gasteiger partial charge in [-0.1, -0.05) is 17.3 Å². The number of hydrogen-bond acceptors (Lipinski definition) is 6.